The second-order valence-corrected chi connectivity index (χ2v) is 8.91. The van der Waals surface area contributed by atoms with Crippen LogP contribution in [0.5, 0.6) is 0 Å². The summed E-state index contributed by atoms with van der Waals surface area (Å²) < 4.78 is 29.6. The Bertz CT molecular complexity index is 475. The standard InChI is InChI=1S/C21H41NO4S/c1-2-3-4-5-6-7-8-9-10-11-12-13-14-15-16-17-21(23)20-22-18-19-27(24,25)26/h9-10,22H,2-8,11-20H2,1H3,(H,24,25,26)/b10-9-. The van der Waals surface area contributed by atoms with Gasteiger partial charge in [0.1, 0.15) is 5.78 Å². The fourth-order valence-corrected chi connectivity index (χ4v) is 3.31. The molecule has 27 heavy (non-hydrogen) atoms. The number of hydrogen-bond acceptors (Lipinski definition) is 4. The van der Waals surface area contributed by atoms with Crippen LogP contribution in [0.3, 0.4) is 0 Å². The third kappa shape index (κ3) is 23.2. The largest absolute Gasteiger partial charge is 0.309 e. The second kappa shape index (κ2) is 18.6. The molecule has 0 radical (unpaired) electrons. The van der Waals surface area contributed by atoms with Crippen LogP contribution in [0.25, 0.3) is 0 Å². The maximum Gasteiger partial charge on any atom is 0.266 e. The molecule has 0 aliphatic heterocycles. The number of allylic oxidation sites excluding steroid dienone is 2. The van der Waals surface area contributed by atoms with Crippen molar-refractivity contribution in [3.05, 3.63) is 12.2 Å². The van der Waals surface area contributed by atoms with E-state index in [0.717, 1.165) is 25.7 Å². The van der Waals surface area contributed by atoms with Crippen LogP contribution in [0, 0.1) is 0 Å². The molecule has 2 N–H and O–H groups in total. The van der Waals surface area contributed by atoms with Crippen LogP contribution < -0.4 is 5.32 Å². The van der Waals surface area contributed by atoms with Crippen LogP contribution in [-0.2, 0) is 14.9 Å². The molecule has 0 fully saturated rings. The fraction of sp³-hybridized carbons (Fsp3) is 0.857. The van der Waals surface area contributed by atoms with Crippen molar-refractivity contribution in [1.82, 2.24) is 5.32 Å². The number of rotatable bonds is 20. The summed E-state index contributed by atoms with van der Waals surface area (Å²) in [4.78, 5) is 11.6. The lowest BCUT2D eigenvalue weighted by Gasteiger charge is -2.03. The molecule has 0 heterocycles. The maximum absolute atomic E-state index is 11.6. The maximum atomic E-state index is 11.6. The number of ketones is 1. The van der Waals surface area contributed by atoms with Gasteiger partial charge in [-0.1, -0.05) is 70.4 Å². The summed E-state index contributed by atoms with van der Waals surface area (Å²) in [6.07, 6.45) is 21.2. The Balaban J connectivity index is 3.28. The lowest BCUT2D eigenvalue weighted by Crippen LogP contribution is -2.28. The molecule has 0 aromatic heterocycles. The van der Waals surface area contributed by atoms with Gasteiger partial charge >= 0.3 is 0 Å². The highest BCUT2D eigenvalue weighted by atomic mass is 32.2. The van der Waals surface area contributed by atoms with Gasteiger partial charge in [0.05, 0.1) is 12.3 Å². The third-order valence-corrected chi connectivity index (χ3v) is 5.30. The summed E-state index contributed by atoms with van der Waals surface area (Å²) >= 11 is 0. The highest BCUT2D eigenvalue weighted by Crippen LogP contribution is 2.10. The molecular weight excluding hydrogens is 362 g/mol. The molecule has 160 valence electrons. The van der Waals surface area contributed by atoms with Crippen molar-refractivity contribution in [3.63, 3.8) is 0 Å². The van der Waals surface area contributed by atoms with Gasteiger partial charge in [-0.25, -0.2) is 0 Å². The number of nitrogens with one attached hydrogen (secondary N) is 1. The normalized spacial score (nSPS) is 12.1. The van der Waals surface area contributed by atoms with Crippen molar-refractivity contribution < 1.29 is 17.8 Å². The van der Waals surface area contributed by atoms with Crippen LogP contribution in [0.1, 0.15) is 96.8 Å². The van der Waals surface area contributed by atoms with Gasteiger partial charge in [-0.2, -0.15) is 8.42 Å². The minimum absolute atomic E-state index is 0.1000. The van der Waals surface area contributed by atoms with Gasteiger partial charge in [-0.05, 0) is 32.1 Å². The van der Waals surface area contributed by atoms with E-state index in [1.54, 1.807) is 0 Å². The molecule has 0 atom stereocenters. The van der Waals surface area contributed by atoms with Crippen LogP contribution in [-0.4, -0.2) is 37.6 Å². The van der Waals surface area contributed by atoms with Gasteiger partial charge in [0.15, 0.2) is 0 Å². The first-order chi connectivity index (χ1) is 13.0. The van der Waals surface area contributed by atoms with E-state index in [2.05, 4.69) is 24.4 Å². The molecule has 0 unspecified atom stereocenters. The van der Waals surface area contributed by atoms with Crippen molar-refractivity contribution in [1.29, 1.82) is 0 Å². The summed E-state index contributed by atoms with van der Waals surface area (Å²) in [6, 6.07) is 0. The molecular formula is C21H41NO4S. The first-order valence-corrected chi connectivity index (χ1v) is 12.4. The minimum Gasteiger partial charge on any atom is -0.309 e. The van der Waals surface area contributed by atoms with Crippen molar-refractivity contribution in [3.8, 4) is 0 Å². The van der Waals surface area contributed by atoms with Gasteiger partial charge in [0, 0.05) is 13.0 Å². The van der Waals surface area contributed by atoms with Crippen molar-refractivity contribution in [2.75, 3.05) is 18.8 Å². The summed E-state index contributed by atoms with van der Waals surface area (Å²) in [7, 11) is -3.94. The molecule has 0 aromatic carbocycles. The Hall–Kier alpha value is -0.720. The first kappa shape index (κ1) is 26.3. The number of carbonyl (C=O) groups is 1. The molecule has 0 bridgehead atoms. The molecule has 6 heteroatoms. The van der Waals surface area contributed by atoms with Crippen LogP contribution in [0.4, 0.5) is 0 Å². The lowest BCUT2D eigenvalue weighted by atomic mass is 10.1. The highest BCUT2D eigenvalue weighted by molar-refractivity contribution is 7.85. The van der Waals surface area contributed by atoms with Crippen LogP contribution >= 0.6 is 0 Å². The van der Waals surface area contributed by atoms with E-state index in [0.29, 0.717) is 6.42 Å². The Morgan fingerprint density at radius 1 is 0.852 bits per heavy atom. The van der Waals surface area contributed by atoms with Crippen LogP contribution in [0.2, 0.25) is 0 Å². The zero-order chi connectivity index (χ0) is 20.2. The highest BCUT2D eigenvalue weighted by Gasteiger charge is 2.05. The van der Waals surface area contributed by atoms with Gasteiger partial charge < -0.3 is 5.32 Å². The van der Waals surface area contributed by atoms with E-state index < -0.39 is 10.1 Å². The SMILES string of the molecule is CCCCCCCC/C=C\CCCCCCCC(=O)CNCCS(=O)(=O)O. The van der Waals surface area contributed by atoms with E-state index in [4.69, 9.17) is 4.55 Å². The van der Waals surface area contributed by atoms with Crippen molar-refractivity contribution in [2.24, 2.45) is 0 Å². The summed E-state index contributed by atoms with van der Waals surface area (Å²) in [6.45, 7) is 2.54. The van der Waals surface area contributed by atoms with Crippen LogP contribution in [0.15, 0.2) is 12.2 Å². The third-order valence-electron chi connectivity index (χ3n) is 4.58. The summed E-state index contributed by atoms with van der Waals surface area (Å²) in [5.74, 6) is -0.254. The molecule has 0 aliphatic rings. The first-order valence-electron chi connectivity index (χ1n) is 10.8. The number of carbonyl (C=O) groups excluding carboxylic acids is 1. The van der Waals surface area contributed by atoms with E-state index in [1.807, 2.05) is 0 Å². The molecule has 0 amide bonds. The van der Waals surface area contributed by atoms with Crippen molar-refractivity contribution in [2.45, 2.75) is 96.8 Å². The predicted octanol–water partition coefficient (Wildman–Crippen LogP) is 5.07. The summed E-state index contributed by atoms with van der Waals surface area (Å²) in [5, 5.41) is 2.75. The topological polar surface area (TPSA) is 83.5 Å². The lowest BCUT2D eigenvalue weighted by molar-refractivity contribution is -0.118. The quantitative estimate of drug-likeness (QED) is 0.168. The molecule has 0 spiro atoms. The predicted molar refractivity (Wildman–Crippen MR) is 114 cm³/mol. The molecule has 0 aliphatic carbocycles. The minimum atomic E-state index is -3.94. The molecule has 0 aromatic rings. The second-order valence-electron chi connectivity index (χ2n) is 7.34. The number of unbranched alkanes of at least 4 members (excludes halogenated alkanes) is 11. The van der Waals surface area contributed by atoms with Gasteiger partial charge in [-0.15, -0.1) is 0 Å². The number of hydrogen-bond donors (Lipinski definition) is 2. The zero-order valence-electron chi connectivity index (χ0n) is 17.3. The van der Waals surface area contributed by atoms with Gasteiger partial charge in [0.2, 0.25) is 0 Å². The fourth-order valence-electron chi connectivity index (χ4n) is 2.91. The molecule has 0 saturated heterocycles. The van der Waals surface area contributed by atoms with E-state index >= 15 is 0 Å². The van der Waals surface area contributed by atoms with E-state index in [1.165, 1.54) is 57.8 Å². The number of Topliss-reactive ketones (excluding diaryl/α,β-unsaturated/α-hetero) is 1. The summed E-state index contributed by atoms with van der Waals surface area (Å²) in [5.41, 5.74) is 0. The Kier molecular flexibility index (Phi) is 18.1. The average molecular weight is 404 g/mol. The molecule has 0 saturated carbocycles. The Labute approximate surface area is 167 Å². The average Bonchev–Trinajstić information content (AvgIpc) is 2.61. The monoisotopic (exact) mass is 403 g/mol. The van der Waals surface area contributed by atoms with Gasteiger partial charge in [-0.3, -0.25) is 9.35 Å². The Morgan fingerprint density at radius 3 is 1.93 bits per heavy atom. The smallest absolute Gasteiger partial charge is 0.266 e. The Morgan fingerprint density at radius 2 is 1.37 bits per heavy atom. The molecule has 5 nitrogen and oxygen atoms in total. The van der Waals surface area contributed by atoms with Gasteiger partial charge in [0.25, 0.3) is 10.1 Å². The van der Waals surface area contributed by atoms with Crippen molar-refractivity contribution >= 4 is 15.9 Å². The zero-order valence-corrected chi connectivity index (χ0v) is 18.1. The van der Waals surface area contributed by atoms with E-state index in [-0.39, 0.29) is 24.6 Å². The molecule has 0 rings (SSSR count). The van der Waals surface area contributed by atoms with E-state index in [9.17, 15) is 13.2 Å².